The van der Waals surface area contributed by atoms with E-state index in [-0.39, 0.29) is 8.80 Å². The lowest BCUT2D eigenvalue weighted by molar-refractivity contribution is 0.863. The summed E-state index contributed by atoms with van der Waals surface area (Å²) in [6.07, 6.45) is 0. The summed E-state index contributed by atoms with van der Waals surface area (Å²) in [7, 11) is -0.0957. The molecule has 0 rings (SSSR count). The Bertz CT molecular complexity index is 65.7. The summed E-state index contributed by atoms with van der Waals surface area (Å²) in [4.78, 5) is 0. The van der Waals surface area contributed by atoms with Crippen molar-refractivity contribution in [2.45, 2.75) is 58.2 Å². The van der Waals surface area contributed by atoms with Gasteiger partial charge in [0, 0.05) is 0 Å². The fourth-order valence-corrected chi connectivity index (χ4v) is 6.00. The van der Waals surface area contributed by atoms with E-state index in [4.69, 9.17) is 0 Å². The van der Waals surface area contributed by atoms with E-state index < -0.39 is 0 Å². The minimum atomic E-state index is -0.0957. The van der Waals surface area contributed by atoms with Crippen molar-refractivity contribution in [1.82, 2.24) is 0 Å². The van der Waals surface area contributed by atoms with Crippen molar-refractivity contribution in [3.63, 3.8) is 0 Å². The molecule has 0 saturated carbocycles. The summed E-state index contributed by atoms with van der Waals surface area (Å²) in [6.45, 7) is 14.2. The Labute approximate surface area is 67.6 Å². The van der Waals surface area contributed by atoms with Crippen molar-refractivity contribution in [3.05, 3.63) is 0 Å². The van der Waals surface area contributed by atoms with Gasteiger partial charge in [0.15, 0.2) is 0 Å². The summed E-state index contributed by atoms with van der Waals surface area (Å²) in [5, 5.41) is 0. The van der Waals surface area contributed by atoms with Gasteiger partial charge < -0.3 is 0 Å². The molecule has 0 aromatic rings. The highest BCUT2D eigenvalue weighted by Gasteiger charge is 2.06. The van der Waals surface area contributed by atoms with E-state index >= 15 is 0 Å². The van der Waals surface area contributed by atoms with Crippen LogP contribution in [0.15, 0.2) is 0 Å². The zero-order chi connectivity index (χ0) is 8.31. The normalized spacial score (nSPS) is 12.6. The first kappa shape index (κ1) is 10.2. The van der Waals surface area contributed by atoms with Gasteiger partial charge in [0.25, 0.3) is 0 Å². The summed E-state index contributed by atoms with van der Waals surface area (Å²) in [6, 6.07) is 0. The standard InChI is InChI=1S/C9H21Si/c1-7(2)10(8(3)4)9(5)6/h7-9H,1-6H3/q-1. The first-order valence-electron chi connectivity index (χ1n) is 4.33. The van der Waals surface area contributed by atoms with Gasteiger partial charge in [-0.2, -0.15) is 16.6 Å². The molecule has 62 valence electrons. The second kappa shape index (κ2) is 4.17. The zero-order valence-corrected chi connectivity index (χ0v) is 9.23. The highest BCUT2D eigenvalue weighted by molar-refractivity contribution is 6.63. The fourth-order valence-electron chi connectivity index (χ4n) is 2.00. The van der Waals surface area contributed by atoms with Gasteiger partial charge in [0.05, 0.1) is 0 Å². The third-order valence-corrected chi connectivity index (χ3v) is 6.00. The molecule has 0 heterocycles. The van der Waals surface area contributed by atoms with E-state index in [2.05, 4.69) is 41.5 Å². The summed E-state index contributed by atoms with van der Waals surface area (Å²) in [5.41, 5.74) is 2.81. The van der Waals surface area contributed by atoms with E-state index in [1.165, 1.54) is 0 Å². The number of hydrogen-bond acceptors (Lipinski definition) is 0. The van der Waals surface area contributed by atoms with Gasteiger partial charge in [-0.1, -0.05) is 41.5 Å². The minimum absolute atomic E-state index is 0.0957. The van der Waals surface area contributed by atoms with Gasteiger partial charge in [-0.3, -0.25) is 8.80 Å². The van der Waals surface area contributed by atoms with Gasteiger partial charge in [-0.25, -0.2) is 0 Å². The van der Waals surface area contributed by atoms with Crippen LogP contribution in [-0.2, 0) is 0 Å². The molecule has 0 nitrogen and oxygen atoms in total. The summed E-state index contributed by atoms with van der Waals surface area (Å²) in [5.74, 6) is 0. The second-order valence-corrected chi connectivity index (χ2v) is 8.43. The summed E-state index contributed by atoms with van der Waals surface area (Å²) < 4.78 is 0. The molecule has 0 aliphatic carbocycles. The maximum atomic E-state index is 2.37. The fraction of sp³-hybridized carbons (Fsp3) is 1.00. The number of rotatable bonds is 3. The Morgan fingerprint density at radius 1 is 0.600 bits per heavy atom. The lowest BCUT2D eigenvalue weighted by Crippen LogP contribution is -2.24. The van der Waals surface area contributed by atoms with Crippen LogP contribution in [0.3, 0.4) is 0 Å². The monoisotopic (exact) mass is 157 g/mol. The van der Waals surface area contributed by atoms with Crippen molar-refractivity contribution < 1.29 is 0 Å². The molecule has 0 unspecified atom stereocenters. The molecular formula is C9H21Si-. The lowest BCUT2D eigenvalue weighted by atomic mass is 10.5. The number of hydrogen-bond donors (Lipinski definition) is 0. The first-order chi connectivity index (χ1) is 4.46. The molecule has 0 atom stereocenters. The van der Waals surface area contributed by atoms with Gasteiger partial charge in [-0.05, 0) is 0 Å². The van der Waals surface area contributed by atoms with Crippen molar-refractivity contribution in [2.24, 2.45) is 0 Å². The van der Waals surface area contributed by atoms with E-state index in [0.29, 0.717) is 0 Å². The molecule has 0 fully saturated rings. The molecule has 0 aliphatic heterocycles. The zero-order valence-electron chi connectivity index (χ0n) is 8.23. The highest BCUT2D eigenvalue weighted by Crippen LogP contribution is 2.28. The quantitative estimate of drug-likeness (QED) is 0.548. The van der Waals surface area contributed by atoms with Crippen LogP contribution >= 0.6 is 0 Å². The maximum absolute atomic E-state index is 2.37. The lowest BCUT2D eigenvalue weighted by Gasteiger charge is -2.42. The molecule has 0 aliphatic rings. The van der Waals surface area contributed by atoms with Gasteiger partial charge in [0.1, 0.15) is 0 Å². The largest absolute Gasteiger partial charge is 0.250 e. The van der Waals surface area contributed by atoms with Crippen LogP contribution in [-0.4, -0.2) is 8.80 Å². The maximum Gasteiger partial charge on any atom is -0.0930 e. The van der Waals surface area contributed by atoms with E-state index in [9.17, 15) is 0 Å². The minimum Gasteiger partial charge on any atom is -0.250 e. The van der Waals surface area contributed by atoms with Crippen molar-refractivity contribution in [3.8, 4) is 0 Å². The topological polar surface area (TPSA) is 0 Å². The van der Waals surface area contributed by atoms with Crippen molar-refractivity contribution >= 4 is 8.80 Å². The van der Waals surface area contributed by atoms with E-state index in [1.807, 2.05) is 0 Å². The molecule has 0 N–H and O–H groups in total. The average Bonchev–Trinajstić information content (AvgIpc) is 1.59. The third kappa shape index (κ3) is 2.87. The molecule has 0 bridgehead atoms. The van der Waals surface area contributed by atoms with Crippen LogP contribution < -0.4 is 0 Å². The van der Waals surface area contributed by atoms with Crippen LogP contribution in [0.2, 0.25) is 16.6 Å². The molecule has 10 heavy (non-hydrogen) atoms. The molecule has 0 saturated heterocycles. The van der Waals surface area contributed by atoms with Gasteiger partial charge in [-0.15, -0.1) is 0 Å². The Morgan fingerprint density at radius 3 is 0.800 bits per heavy atom. The highest BCUT2D eigenvalue weighted by atomic mass is 28.3. The second-order valence-electron chi connectivity index (χ2n) is 3.96. The van der Waals surface area contributed by atoms with Crippen molar-refractivity contribution in [1.29, 1.82) is 0 Å². The molecule has 0 spiro atoms. The predicted molar refractivity (Wildman–Crippen MR) is 51.0 cm³/mol. The summed E-state index contributed by atoms with van der Waals surface area (Å²) >= 11 is 0. The van der Waals surface area contributed by atoms with Gasteiger partial charge >= 0.3 is 0 Å². The first-order valence-corrected chi connectivity index (χ1v) is 6.06. The molecule has 0 radical (unpaired) electrons. The predicted octanol–water partition coefficient (Wildman–Crippen LogP) is 3.71. The Hall–Kier alpha value is 0.217. The van der Waals surface area contributed by atoms with Crippen LogP contribution in [0, 0.1) is 0 Å². The van der Waals surface area contributed by atoms with Crippen LogP contribution in [0.25, 0.3) is 0 Å². The SMILES string of the molecule is CC(C)[Si-](C(C)C)C(C)C. The van der Waals surface area contributed by atoms with Crippen LogP contribution in [0.1, 0.15) is 41.5 Å². The molecule has 0 amide bonds. The molecule has 0 aromatic carbocycles. The Kier molecular flexibility index (Phi) is 4.26. The van der Waals surface area contributed by atoms with E-state index in [1.54, 1.807) is 0 Å². The third-order valence-electron chi connectivity index (χ3n) is 2.00. The van der Waals surface area contributed by atoms with Gasteiger partial charge in [0.2, 0.25) is 0 Å². The Balaban J connectivity index is 3.98. The van der Waals surface area contributed by atoms with Crippen LogP contribution in [0.4, 0.5) is 0 Å². The molecular weight excluding hydrogens is 136 g/mol. The Morgan fingerprint density at radius 2 is 0.800 bits per heavy atom. The van der Waals surface area contributed by atoms with E-state index in [0.717, 1.165) is 16.6 Å². The molecule has 0 aromatic heterocycles. The van der Waals surface area contributed by atoms with Crippen LogP contribution in [0.5, 0.6) is 0 Å². The average molecular weight is 157 g/mol. The smallest absolute Gasteiger partial charge is 0.0930 e. The van der Waals surface area contributed by atoms with Crippen molar-refractivity contribution in [2.75, 3.05) is 0 Å². The molecule has 1 heteroatoms.